The Bertz CT molecular complexity index is 998. The highest BCUT2D eigenvalue weighted by molar-refractivity contribution is 7.90. The van der Waals surface area contributed by atoms with Crippen molar-refractivity contribution in [2.45, 2.75) is 18.7 Å². The molecule has 0 radical (unpaired) electrons. The fourth-order valence-electron chi connectivity index (χ4n) is 2.25. The lowest BCUT2D eigenvalue weighted by Gasteiger charge is -2.13. The molecule has 1 aromatic heterocycles. The molecule has 0 saturated heterocycles. The van der Waals surface area contributed by atoms with Crippen molar-refractivity contribution in [3.8, 4) is 11.8 Å². The van der Waals surface area contributed by atoms with E-state index in [-0.39, 0.29) is 35.4 Å². The third-order valence-corrected chi connectivity index (χ3v) is 4.91. The van der Waals surface area contributed by atoms with E-state index in [9.17, 15) is 22.4 Å². The van der Waals surface area contributed by atoms with Gasteiger partial charge in [-0.3, -0.25) is 0 Å². The van der Waals surface area contributed by atoms with Gasteiger partial charge in [0, 0.05) is 7.05 Å². The number of alkyl halides is 1. The molecule has 0 saturated carbocycles. The summed E-state index contributed by atoms with van der Waals surface area (Å²) < 4.78 is 51.0. The number of carbonyl (C=O) groups excluding carboxylic acids is 1. The fraction of sp³-hybridized carbons (Fsp3) is 0.400. The maximum atomic E-state index is 12.7. The summed E-state index contributed by atoms with van der Waals surface area (Å²) in [6, 6.07) is 2.92. The van der Waals surface area contributed by atoms with Gasteiger partial charge in [0.1, 0.15) is 23.9 Å². The van der Waals surface area contributed by atoms with Crippen molar-refractivity contribution in [2.75, 3.05) is 19.9 Å². The number of hydrogen-bond donors (Lipinski definition) is 1. The number of carbonyl (C=O) groups is 1. The molecule has 0 aliphatic rings. The number of aryl methyl sites for hydroxylation is 1. The van der Waals surface area contributed by atoms with Gasteiger partial charge in [-0.2, -0.15) is 0 Å². The van der Waals surface area contributed by atoms with Crippen LogP contribution in [0.25, 0.3) is 0 Å². The molecule has 0 spiro atoms. The van der Waals surface area contributed by atoms with Gasteiger partial charge in [-0.15, -0.1) is 9.78 Å². The molecule has 0 atom stereocenters. The van der Waals surface area contributed by atoms with E-state index in [4.69, 9.17) is 9.47 Å². The molecular weight excluding hydrogens is 383 g/mol. The van der Waals surface area contributed by atoms with Crippen molar-refractivity contribution in [3.63, 3.8) is 0 Å². The summed E-state index contributed by atoms with van der Waals surface area (Å²) in [6.45, 7) is 2.18. The van der Waals surface area contributed by atoms with Gasteiger partial charge in [-0.25, -0.2) is 31.7 Å². The summed E-state index contributed by atoms with van der Waals surface area (Å²) in [4.78, 5) is 24.0. The van der Waals surface area contributed by atoms with Crippen molar-refractivity contribution >= 4 is 16.1 Å². The van der Waals surface area contributed by atoms with Crippen LogP contribution < -0.4 is 19.9 Å². The van der Waals surface area contributed by atoms with Crippen molar-refractivity contribution < 1.29 is 27.1 Å². The second-order valence-electron chi connectivity index (χ2n) is 5.32. The topological polar surface area (TPSA) is 122 Å². The Balaban J connectivity index is 2.39. The Morgan fingerprint density at radius 1 is 1.33 bits per heavy atom. The van der Waals surface area contributed by atoms with Crippen LogP contribution in [0.2, 0.25) is 0 Å². The average molecular weight is 402 g/mol. The first kappa shape index (κ1) is 20.4. The van der Waals surface area contributed by atoms with E-state index < -0.39 is 28.4 Å². The quantitative estimate of drug-likeness (QED) is 0.719. The highest BCUT2D eigenvalue weighted by Crippen LogP contribution is 2.27. The van der Waals surface area contributed by atoms with Gasteiger partial charge < -0.3 is 9.47 Å². The van der Waals surface area contributed by atoms with Crippen molar-refractivity contribution in [2.24, 2.45) is 7.05 Å². The van der Waals surface area contributed by atoms with Crippen LogP contribution in [-0.4, -0.2) is 48.7 Å². The van der Waals surface area contributed by atoms with Crippen molar-refractivity contribution in [1.82, 2.24) is 19.1 Å². The van der Waals surface area contributed by atoms with Crippen LogP contribution in [0.4, 0.5) is 9.18 Å². The maximum absolute atomic E-state index is 12.7. The number of aromatic nitrogens is 3. The van der Waals surface area contributed by atoms with E-state index in [0.717, 1.165) is 4.57 Å². The highest BCUT2D eigenvalue weighted by atomic mass is 32.2. The third kappa shape index (κ3) is 4.27. The molecular formula is C15H19FN4O6S. The molecule has 10 nitrogen and oxygen atoms in total. The van der Waals surface area contributed by atoms with Crippen LogP contribution in [0.5, 0.6) is 11.8 Å². The van der Waals surface area contributed by atoms with Gasteiger partial charge in [0.25, 0.3) is 10.0 Å². The number of sulfonamides is 1. The first-order chi connectivity index (χ1) is 12.7. The monoisotopic (exact) mass is 402 g/mol. The first-order valence-corrected chi connectivity index (χ1v) is 9.35. The second kappa shape index (κ2) is 8.20. The Morgan fingerprint density at radius 3 is 2.67 bits per heavy atom. The van der Waals surface area contributed by atoms with Crippen LogP contribution in [-0.2, 0) is 17.1 Å². The van der Waals surface area contributed by atoms with E-state index >= 15 is 0 Å². The number of nitrogens with one attached hydrogen (secondary N) is 1. The molecule has 0 bridgehead atoms. The van der Waals surface area contributed by atoms with Gasteiger partial charge in [0.15, 0.2) is 0 Å². The van der Waals surface area contributed by atoms with Gasteiger partial charge in [0.05, 0.1) is 6.61 Å². The number of nitrogens with zero attached hydrogens (tertiary/aromatic N) is 3. The van der Waals surface area contributed by atoms with E-state index in [0.29, 0.717) is 4.68 Å². The molecule has 2 rings (SSSR count). The Morgan fingerprint density at radius 2 is 2.04 bits per heavy atom. The van der Waals surface area contributed by atoms with E-state index in [1.807, 2.05) is 0 Å². The SMILES string of the molecule is CCOc1nn(C(=O)NS(=O)(=O)c2c(C)cccc2OCCF)c(=O)n1C. The van der Waals surface area contributed by atoms with Crippen LogP contribution in [0, 0.1) is 6.92 Å². The van der Waals surface area contributed by atoms with Gasteiger partial charge in [0.2, 0.25) is 0 Å². The normalized spacial score (nSPS) is 11.3. The Labute approximate surface area is 154 Å². The molecule has 0 unspecified atom stereocenters. The lowest BCUT2D eigenvalue weighted by atomic mass is 10.2. The van der Waals surface area contributed by atoms with Gasteiger partial charge in [-0.1, -0.05) is 12.1 Å². The average Bonchev–Trinajstić information content (AvgIpc) is 2.88. The molecule has 2 aromatic rings. The van der Waals surface area contributed by atoms with E-state index in [1.165, 1.54) is 32.2 Å². The Kier molecular flexibility index (Phi) is 6.20. The largest absolute Gasteiger partial charge is 0.489 e. The number of rotatable bonds is 7. The minimum Gasteiger partial charge on any atom is -0.489 e. The molecule has 0 fully saturated rings. The van der Waals surface area contributed by atoms with Crippen LogP contribution in [0.15, 0.2) is 27.9 Å². The number of amides is 1. The lowest BCUT2D eigenvalue weighted by Crippen LogP contribution is -2.40. The summed E-state index contributed by atoms with van der Waals surface area (Å²) >= 11 is 0. The predicted octanol–water partition coefficient (Wildman–Crippen LogP) is 0.584. The van der Waals surface area contributed by atoms with Crippen LogP contribution in [0.3, 0.4) is 0 Å². The molecule has 1 amide bonds. The van der Waals surface area contributed by atoms with Gasteiger partial charge >= 0.3 is 17.7 Å². The Hall–Kier alpha value is -2.89. The summed E-state index contributed by atoms with van der Waals surface area (Å²) in [6.07, 6.45) is 0. The summed E-state index contributed by atoms with van der Waals surface area (Å²) in [7, 11) is -3.11. The van der Waals surface area contributed by atoms with Crippen LogP contribution >= 0.6 is 0 Å². The zero-order valence-corrected chi connectivity index (χ0v) is 15.7. The first-order valence-electron chi connectivity index (χ1n) is 7.87. The number of halogens is 1. The zero-order chi connectivity index (χ0) is 20.2. The number of hydrogen-bond acceptors (Lipinski definition) is 7. The molecule has 12 heteroatoms. The minimum absolute atomic E-state index is 0.115. The summed E-state index contributed by atoms with van der Waals surface area (Å²) in [5, 5.41) is 3.66. The third-order valence-electron chi connectivity index (χ3n) is 3.41. The van der Waals surface area contributed by atoms with E-state index in [1.54, 1.807) is 11.6 Å². The fourth-order valence-corrected chi connectivity index (χ4v) is 3.55. The zero-order valence-electron chi connectivity index (χ0n) is 14.9. The molecule has 0 aliphatic heterocycles. The smallest absolute Gasteiger partial charge is 0.360 e. The molecule has 1 heterocycles. The molecule has 1 N–H and O–H groups in total. The van der Waals surface area contributed by atoms with Crippen molar-refractivity contribution in [3.05, 3.63) is 34.2 Å². The van der Waals surface area contributed by atoms with Crippen LogP contribution in [0.1, 0.15) is 12.5 Å². The van der Waals surface area contributed by atoms with Crippen molar-refractivity contribution in [1.29, 1.82) is 0 Å². The van der Waals surface area contributed by atoms with E-state index in [2.05, 4.69) is 5.10 Å². The molecule has 0 aliphatic carbocycles. The summed E-state index contributed by atoms with van der Waals surface area (Å²) in [5.41, 5.74) is -0.611. The molecule has 27 heavy (non-hydrogen) atoms. The molecule has 148 valence electrons. The molecule has 1 aromatic carbocycles. The van der Waals surface area contributed by atoms with Gasteiger partial charge in [-0.05, 0) is 25.5 Å². The minimum atomic E-state index is -4.43. The predicted molar refractivity (Wildman–Crippen MR) is 92.4 cm³/mol. The second-order valence-corrected chi connectivity index (χ2v) is 6.94. The summed E-state index contributed by atoms with van der Waals surface area (Å²) in [5.74, 6) is -0.115. The maximum Gasteiger partial charge on any atom is 0.360 e. The number of benzene rings is 1. The highest BCUT2D eigenvalue weighted by Gasteiger charge is 2.27. The standard InChI is InChI=1S/C15H19FN4O6S/c1-4-25-14-17-20(15(22)19(14)3)13(21)18-27(23,24)12-10(2)6-5-7-11(12)26-9-8-16/h5-7H,4,8-9H2,1-3H3,(H,18,21). The number of ether oxygens (including phenoxy) is 2. The lowest BCUT2D eigenvalue weighted by molar-refractivity contribution is 0.242.